The number of carbonyl (C=O) groups is 1. The Kier molecular flexibility index (Phi) is 5.30. The number of aliphatic hydroxyl groups is 3. The van der Waals surface area contributed by atoms with E-state index in [1.54, 1.807) is 6.92 Å². The van der Waals surface area contributed by atoms with Crippen LogP contribution in [0, 0.1) is 0 Å². The molecule has 0 aromatic rings. The van der Waals surface area contributed by atoms with Crippen molar-refractivity contribution < 1.29 is 29.6 Å². The second-order valence-corrected chi connectivity index (χ2v) is 3.86. The van der Waals surface area contributed by atoms with Gasteiger partial charge in [0, 0.05) is 6.42 Å². The van der Waals surface area contributed by atoms with Crippen LogP contribution in [0.1, 0.15) is 19.8 Å². The molecule has 0 aliphatic carbocycles. The number of aliphatic hydroxyl groups excluding tert-OH is 3. The lowest BCUT2D eigenvalue weighted by Gasteiger charge is -2.38. The summed E-state index contributed by atoms with van der Waals surface area (Å²) in [6, 6.07) is 0. The zero-order valence-electron chi connectivity index (χ0n) is 9.15. The number of hydrogen-bond donors (Lipinski definition) is 3. The molecule has 5 atom stereocenters. The van der Waals surface area contributed by atoms with Gasteiger partial charge in [-0.05, 0) is 13.3 Å². The molecule has 6 nitrogen and oxygen atoms in total. The SMILES string of the molecule is C[C@@H]1O[C@@H](OCCCC=O)[C@H](O)[C@H](O)[C@H]1O. The van der Waals surface area contributed by atoms with Gasteiger partial charge in [-0.1, -0.05) is 0 Å². The minimum Gasteiger partial charge on any atom is -0.388 e. The fourth-order valence-electron chi connectivity index (χ4n) is 1.52. The number of aldehydes is 1. The second kappa shape index (κ2) is 6.27. The Morgan fingerprint density at radius 1 is 1.25 bits per heavy atom. The second-order valence-electron chi connectivity index (χ2n) is 3.86. The maximum Gasteiger partial charge on any atom is 0.186 e. The molecular formula is C10H18O6. The fourth-order valence-corrected chi connectivity index (χ4v) is 1.52. The fraction of sp³-hybridized carbons (Fsp3) is 0.900. The maximum atomic E-state index is 10.1. The van der Waals surface area contributed by atoms with Crippen molar-refractivity contribution in [2.75, 3.05) is 6.61 Å². The highest BCUT2D eigenvalue weighted by Crippen LogP contribution is 2.21. The molecule has 0 amide bonds. The largest absolute Gasteiger partial charge is 0.388 e. The predicted molar refractivity (Wildman–Crippen MR) is 53.6 cm³/mol. The molecule has 0 aromatic heterocycles. The van der Waals surface area contributed by atoms with Crippen molar-refractivity contribution in [3.8, 4) is 0 Å². The van der Waals surface area contributed by atoms with Crippen molar-refractivity contribution in [2.24, 2.45) is 0 Å². The maximum absolute atomic E-state index is 10.1. The molecule has 0 radical (unpaired) electrons. The van der Waals surface area contributed by atoms with Crippen LogP contribution in [0.3, 0.4) is 0 Å². The van der Waals surface area contributed by atoms with Gasteiger partial charge in [0.1, 0.15) is 24.6 Å². The van der Waals surface area contributed by atoms with Gasteiger partial charge in [0.15, 0.2) is 6.29 Å². The van der Waals surface area contributed by atoms with Gasteiger partial charge < -0.3 is 29.6 Å². The van der Waals surface area contributed by atoms with Gasteiger partial charge in [-0.25, -0.2) is 0 Å². The Bertz CT molecular complexity index is 221. The van der Waals surface area contributed by atoms with Gasteiger partial charge in [-0.15, -0.1) is 0 Å². The van der Waals surface area contributed by atoms with E-state index in [1.807, 2.05) is 0 Å². The third kappa shape index (κ3) is 3.23. The molecule has 6 heteroatoms. The molecule has 3 N–H and O–H groups in total. The summed E-state index contributed by atoms with van der Waals surface area (Å²) in [5, 5.41) is 28.4. The molecule has 1 heterocycles. The molecule has 1 fully saturated rings. The van der Waals surface area contributed by atoms with Gasteiger partial charge in [-0.2, -0.15) is 0 Å². The molecule has 0 saturated carbocycles. The molecule has 0 spiro atoms. The Hall–Kier alpha value is -0.530. The first kappa shape index (κ1) is 13.5. The van der Waals surface area contributed by atoms with Crippen LogP contribution in [-0.4, -0.2) is 58.9 Å². The number of hydrogen-bond acceptors (Lipinski definition) is 6. The van der Waals surface area contributed by atoms with E-state index in [0.29, 0.717) is 12.8 Å². The van der Waals surface area contributed by atoms with Crippen LogP contribution in [0.15, 0.2) is 0 Å². The highest BCUT2D eigenvalue weighted by atomic mass is 16.7. The highest BCUT2D eigenvalue weighted by molar-refractivity contribution is 5.48. The molecule has 1 saturated heterocycles. The monoisotopic (exact) mass is 234 g/mol. The summed E-state index contributed by atoms with van der Waals surface area (Å²) in [7, 11) is 0. The average molecular weight is 234 g/mol. The molecule has 1 rings (SSSR count). The third-order valence-corrected chi connectivity index (χ3v) is 2.56. The number of unbranched alkanes of at least 4 members (excludes halogenated alkanes) is 1. The summed E-state index contributed by atoms with van der Waals surface area (Å²) in [5.74, 6) is 0. The molecule has 1 aliphatic heterocycles. The van der Waals surface area contributed by atoms with Crippen molar-refractivity contribution in [1.29, 1.82) is 0 Å². The Balaban J connectivity index is 2.38. The Labute approximate surface area is 93.8 Å². The molecule has 0 bridgehead atoms. The van der Waals surface area contributed by atoms with Crippen LogP contribution in [0.25, 0.3) is 0 Å². The van der Waals surface area contributed by atoms with E-state index >= 15 is 0 Å². The minimum absolute atomic E-state index is 0.260. The highest BCUT2D eigenvalue weighted by Gasteiger charge is 2.42. The standard InChI is InChI=1S/C10H18O6/c1-6-7(12)8(13)9(14)10(16-6)15-5-3-2-4-11/h4,6-10,12-14H,2-3,5H2,1H3/t6-,7-,8+,9+,10+/m0/s1. The lowest BCUT2D eigenvalue weighted by Crippen LogP contribution is -2.57. The number of ether oxygens (including phenoxy) is 2. The lowest BCUT2D eigenvalue weighted by molar-refractivity contribution is -0.293. The molecule has 1 aliphatic rings. The molecular weight excluding hydrogens is 216 g/mol. The van der Waals surface area contributed by atoms with Gasteiger partial charge in [-0.3, -0.25) is 0 Å². The number of rotatable bonds is 5. The van der Waals surface area contributed by atoms with Crippen LogP contribution < -0.4 is 0 Å². The summed E-state index contributed by atoms with van der Waals surface area (Å²) in [6.45, 7) is 1.84. The zero-order valence-corrected chi connectivity index (χ0v) is 9.15. The topological polar surface area (TPSA) is 96.2 Å². The predicted octanol–water partition coefficient (Wildman–Crippen LogP) is -1.19. The first-order valence-electron chi connectivity index (χ1n) is 5.33. The lowest BCUT2D eigenvalue weighted by atomic mass is 10.0. The Morgan fingerprint density at radius 3 is 2.56 bits per heavy atom. The average Bonchev–Trinajstić information content (AvgIpc) is 2.28. The molecule has 16 heavy (non-hydrogen) atoms. The van der Waals surface area contributed by atoms with E-state index in [-0.39, 0.29) is 6.61 Å². The van der Waals surface area contributed by atoms with Crippen molar-refractivity contribution >= 4 is 6.29 Å². The molecule has 94 valence electrons. The zero-order chi connectivity index (χ0) is 12.1. The van der Waals surface area contributed by atoms with Gasteiger partial charge in [0.2, 0.25) is 0 Å². The summed E-state index contributed by atoms with van der Waals surface area (Å²) < 4.78 is 10.4. The van der Waals surface area contributed by atoms with Gasteiger partial charge in [0.05, 0.1) is 12.7 Å². The van der Waals surface area contributed by atoms with Crippen molar-refractivity contribution in [3.63, 3.8) is 0 Å². The third-order valence-electron chi connectivity index (χ3n) is 2.56. The normalized spacial score (nSPS) is 39.6. The summed E-state index contributed by atoms with van der Waals surface area (Å²) >= 11 is 0. The van der Waals surface area contributed by atoms with E-state index in [9.17, 15) is 20.1 Å². The van der Waals surface area contributed by atoms with E-state index in [1.165, 1.54) is 0 Å². The van der Waals surface area contributed by atoms with E-state index in [0.717, 1.165) is 6.29 Å². The van der Waals surface area contributed by atoms with E-state index < -0.39 is 30.7 Å². The van der Waals surface area contributed by atoms with Crippen molar-refractivity contribution in [2.45, 2.75) is 50.5 Å². The minimum atomic E-state index is -1.28. The van der Waals surface area contributed by atoms with Crippen LogP contribution in [-0.2, 0) is 14.3 Å². The quantitative estimate of drug-likeness (QED) is 0.409. The van der Waals surface area contributed by atoms with Crippen LogP contribution >= 0.6 is 0 Å². The summed E-state index contributed by atoms with van der Waals surface area (Å²) in [4.78, 5) is 10.1. The van der Waals surface area contributed by atoms with E-state index in [2.05, 4.69) is 0 Å². The van der Waals surface area contributed by atoms with E-state index in [4.69, 9.17) is 9.47 Å². The Morgan fingerprint density at radius 2 is 1.94 bits per heavy atom. The first-order valence-corrected chi connectivity index (χ1v) is 5.33. The first-order chi connectivity index (χ1) is 7.57. The smallest absolute Gasteiger partial charge is 0.186 e. The van der Waals surface area contributed by atoms with Crippen LogP contribution in [0.2, 0.25) is 0 Å². The van der Waals surface area contributed by atoms with Crippen molar-refractivity contribution in [1.82, 2.24) is 0 Å². The van der Waals surface area contributed by atoms with Crippen LogP contribution in [0.5, 0.6) is 0 Å². The van der Waals surface area contributed by atoms with Gasteiger partial charge >= 0.3 is 0 Å². The summed E-state index contributed by atoms with van der Waals surface area (Å²) in [5.41, 5.74) is 0. The molecule has 0 unspecified atom stereocenters. The summed E-state index contributed by atoms with van der Waals surface area (Å²) in [6.07, 6.45) is -3.54. The number of carbonyl (C=O) groups excluding carboxylic acids is 1. The van der Waals surface area contributed by atoms with Crippen LogP contribution in [0.4, 0.5) is 0 Å². The molecule has 0 aromatic carbocycles. The van der Waals surface area contributed by atoms with Gasteiger partial charge in [0.25, 0.3) is 0 Å². The van der Waals surface area contributed by atoms with Crippen molar-refractivity contribution in [3.05, 3.63) is 0 Å².